The normalized spacial score (nSPS) is 48.6. The van der Waals surface area contributed by atoms with Gasteiger partial charge in [0.15, 0.2) is 0 Å². The van der Waals surface area contributed by atoms with E-state index in [9.17, 15) is 4.79 Å². The van der Waals surface area contributed by atoms with E-state index in [2.05, 4.69) is 26.8 Å². The molecule has 0 aromatic heterocycles. The number of carbonyl (C=O) groups is 1. The van der Waals surface area contributed by atoms with Crippen molar-refractivity contribution >= 4 is 5.97 Å². The molecule has 3 aliphatic rings. The number of esters is 1. The molecule has 0 aromatic carbocycles. The van der Waals surface area contributed by atoms with E-state index in [1.54, 1.807) is 0 Å². The van der Waals surface area contributed by atoms with Crippen molar-refractivity contribution in [2.45, 2.75) is 65.4 Å². The molecule has 2 heteroatoms. The number of allylic oxidation sites excluding steroid dienone is 2. The van der Waals surface area contributed by atoms with Gasteiger partial charge in [-0.15, -0.1) is 0 Å². The first-order valence-corrected chi connectivity index (χ1v) is 7.91. The molecule has 3 rings (SSSR count). The Morgan fingerprint density at radius 1 is 1.47 bits per heavy atom. The van der Waals surface area contributed by atoms with Crippen molar-refractivity contribution in [3.05, 3.63) is 11.6 Å². The molecular weight excluding hydrogens is 236 g/mol. The second kappa shape index (κ2) is 4.64. The Morgan fingerprint density at radius 2 is 2.26 bits per heavy atom. The zero-order valence-corrected chi connectivity index (χ0v) is 12.4. The molecule has 1 heterocycles. The molecule has 0 spiro atoms. The van der Waals surface area contributed by atoms with E-state index in [1.807, 2.05) is 0 Å². The lowest BCUT2D eigenvalue weighted by molar-refractivity contribution is -0.145. The van der Waals surface area contributed by atoms with Crippen molar-refractivity contribution in [2.75, 3.05) is 0 Å². The van der Waals surface area contributed by atoms with Gasteiger partial charge >= 0.3 is 5.97 Å². The molecule has 5 atom stereocenters. The summed E-state index contributed by atoms with van der Waals surface area (Å²) in [6.45, 7) is 6.75. The van der Waals surface area contributed by atoms with Crippen molar-refractivity contribution < 1.29 is 9.53 Å². The predicted molar refractivity (Wildman–Crippen MR) is 75.6 cm³/mol. The zero-order valence-electron chi connectivity index (χ0n) is 12.4. The molecule has 1 aliphatic heterocycles. The van der Waals surface area contributed by atoms with Crippen LogP contribution in [0.4, 0.5) is 0 Å². The van der Waals surface area contributed by atoms with Crippen LogP contribution in [0.2, 0.25) is 0 Å². The van der Waals surface area contributed by atoms with Crippen molar-refractivity contribution in [3.8, 4) is 0 Å². The highest BCUT2D eigenvalue weighted by Crippen LogP contribution is 2.61. The quantitative estimate of drug-likeness (QED) is 0.525. The highest BCUT2D eigenvalue weighted by atomic mass is 16.6. The zero-order chi connectivity index (χ0) is 13.6. The number of hydrogen-bond donors (Lipinski definition) is 0. The van der Waals surface area contributed by atoms with Crippen LogP contribution in [-0.4, -0.2) is 12.1 Å². The lowest BCUT2D eigenvalue weighted by Crippen LogP contribution is -2.25. The fourth-order valence-electron chi connectivity index (χ4n) is 4.32. The highest BCUT2D eigenvalue weighted by Gasteiger charge is 2.60. The fourth-order valence-corrected chi connectivity index (χ4v) is 4.32. The summed E-state index contributed by atoms with van der Waals surface area (Å²) in [5.74, 6) is 1.32. The molecule has 2 aliphatic carbocycles. The van der Waals surface area contributed by atoms with Crippen molar-refractivity contribution in [3.63, 3.8) is 0 Å². The number of ether oxygens (including phenoxy) is 1. The molecule has 1 saturated carbocycles. The third-order valence-corrected chi connectivity index (χ3v) is 5.83. The maximum Gasteiger partial charge on any atom is 0.309 e. The van der Waals surface area contributed by atoms with Crippen LogP contribution < -0.4 is 0 Å². The SMILES string of the molecule is CC[C@@H]1C(=O)O[C@H]2[C@H]1CC/C(C)=C/CC[C@@]1(C)C[C@@H]21. The molecule has 0 bridgehead atoms. The van der Waals surface area contributed by atoms with Crippen molar-refractivity contribution in [1.29, 1.82) is 0 Å². The van der Waals surface area contributed by atoms with Gasteiger partial charge in [0, 0.05) is 11.8 Å². The molecule has 0 N–H and O–H groups in total. The predicted octanol–water partition coefficient (Wildman–Crippen LogP) is 4.10. The Bertz CT molecular complexity index is 411. The molecule has 0 radical (unpaired) electrons. The maximum absolute atomic E-state index is 12.1. The van der Waals surface area contributed by atoms with E-state index in [1.165, 1.54) is 24.8 Å². The summed E-state index contributed by atoms with van der Waals surface area (Å²) in [6, 6.07) is 0. The summed E-state index contributed by atoms with van der Waals surface area (Å²) >= 11 is 0. The Balaban J connectivity index is 1.85. The fraction of sp³-hybridized carbons (Fsp3) is 0.824. The van der Waals surface area contributed by atoms with Gasteiger partial charge in [-0.3, -0.25) is 4.79 Å². The molecule has 0 amide bonds. The summed E-state index contributed by atoms with van der Waals surface area (Å²) in [5, 5.41) is 0. The minimum atomic E-state index is 0.0765. The Hall–Kier alpha value is -0.790. The summed E-state index contributed by atoms with van der Waals surface area (Å²) in [5.41, 5.74) is 1.93. The molecule has 0 aromatic rings. The summed E-state index contributed by atoms with van der Waals surface area (Å²) in [6.07, 6.45) is 9.54. The van der Waals surface area contributed by atoms with Gasteiger partial charge in [-0.1, -0.05) is 25.5 Å². The van der Waals surface area contributed by atoms with Crippen LogP contribution in [0, 0.1) is 23.2 Å². The third-order valence-electron chi connectivity index (χ3n) is 5.83. The summed E-state index contributed by atoms with van der Waals surface area (Å²) in [7, 11) is 0. The minimum absolute atomic E-state index is 0.0765. The van der Waals surface area contributed by atoms with E-state index in [4.69, 9.17) is 4.74 Å². The second-order valence-electron chi connectivity index (χ2n) is 7.17. The standard InChI is InChI=1S/C17H26O2/c1-4-12-13-8-7-11(2)6-5-9-17(3)10-14(17)15(13)19-16(12)18/h6,12-15H,4-5,7-10H2,1-3H3/b11-6+/t12-,13-,14-,15-,17-/m0/s1. The van der Waals surface area contributed by atoms with Crippen LogP contribution in [0.15, 0.2) is 11.6 Å². The Kier molecular flexibility index (Phi) is 3.23. The number of hydrogen-bond acceptors (Lipinski definition) is 2. The van der Waals surface area contributed by atoms with Crippen molar-refractivity contribution in [1.82, 2.24) is 0 Å². The topological polar surface area (TPSA) is 26.3 Å². The van der Waals surface area contributed by atoms with Gasteiger partial charge in [0.2, 0.25) is 0 Å². The number of rotatable bonds is 1. The monoisotopic (exact) mass is 262 g/mol. The molecule has 2 fully saturated rings. The smallest absolute Gasteiger partial charge is 0.309 e. The molecular formula is C17H26O2. The van der Waals surface area contributed by atoms with E-state index in [-0.39, 0.29) is 18.0 Å². The molecule has 106 valence electrons. The third kappa shape index (κ3) is 2.23. The molecule has 19 heavy (non-hydrogen) atoms. The average Bonchev–Trinajstić information content (AvgIpc) is 2.92. The lowest BCUT2D eigenvalue weighted by atomic mass is 9.80. The van der Waals surface area contributed by atoms with Gasteiger partial charge in [-0.2, -0.15) is 0 Å². The van der Waals surface area contributed by atoms with Gasteiger partial charge in [-0.05, 0) is 50.9 Å². The van der Waals surface area contributed by atoms with Crippen molar-refractivity contribution in [2.24, 2.45) is 23.2 Å². The van der Waals surface area contributed by atoms with Crippen LogP contribution in [0.3, 0.4) is 0 Å². The minimum Gasteiger partial charge on any atom is -0.462 e. The summed E-state index contributed by atoms with van der Waals surface area (Å²) in [4.78, 5) is 12.1. The summed E-state index contributed by atoms with van der Waals surface area (Å²) < 4.78 is 5.80. The Morgan fingerprint density at radius 3 is 3.00 bits per heavy atom. The van der Waals surface area contributed by atoms with E-state index in [0.29, 0.717) is 17.3 Å². The van der Waals surface area contributed by atoms with E-state index in [0.717, 1.165) is 19.3 Å². The van der Waals surface area contributed by atoms with Gasteiger partial charge in [0.05, 0.1) is 5.92 Å². The van der Waals surface area contributed by atoms with Gasteiger partial charge < -0.3 is 4.74 Å². The van der Waals surface area contributed by atoms with Gasteiger partial charge in [0.25, 0.3) is 0 Å². The maximum atomic E-state index is 12.1. The number of fused-ring (bicyclic) bond motifs is 3. The van der Waals surface area contributed by atoms with Gasteiger partial charge in [-0.25, -0.2) is 0 Å². The largest absolute Gasteiger partial charge is 0.462 e. The van der Waals surface area contributed by atoms with Gasteiger partial charge in [0.1, 0.15) is 6.10 Å². The first kappa shape index (κ1) is 13.2. The average molecular weight is 262 g/mol. The first-order chi connectivity index (χ1) is 9.05. The lowest BCUT2D eigenvalue weighted by Gasteiger charge is -2.24. The van der Waals surface area contributed by atoms with E-state index < -0.39 is 0 Å². The van der Waals surface area contributed by atoms with Crippen LogP contribution in [0.1, 0.15) is 59.3 Å². The number of carbonyl (C=O) groups excluding carboxylic acids is 1. The second-order valence-corrected chi connectivity index (χ2v) is 7.17. The highest BCUT2D eigenvalue weighted by molar-refractivity contribution is 5.75. The molecule has 0 unspecified atom stereocenters. The van der Waals surface area contributed by atoms with E-state index >= 15 is 0 Å². The van der Waals surface area contributed by atoms with Crippen LogP contribution in [0.5, 0.6) is 0 Å². The Labute approximate surface area is 116 Å². The first-order valence-electron chi connectivity index (χ1n) is 7.91. The molecule has 1 saturated heterocycles. The van der Waals surface area contributed by atoms with Crippen LogP contribution >= 0.6 is 0 Å². The van der Waals surface area contributed by atoms with Crippen LogP contribution in [-0.2, 0) is 9.53 Å². The molecule has 2 nitrogen and oxygen atoms in total. The van der Waals surface area contributed by atoms with Crippen LogP contribution in [0.25, 0.3) is 0 Å².